The van der Waals surface area contributed by atoms with Crippen molar-refractivity contribution >= 4 is 16.9 Å². The maximum absolute atomic E-state index is 15.2. The number of carbonyl (C=O) groups excluding carboxylic acids is 1. The number of carbonyl (C=O) groups is 1. The summed E-state index contributed by atoms with van der Waals surface area (Å²) >= 11 is 0. The van der Waals surface area contributed by atoms with Gasteiger partial charge in [0.25, 0.3) is 5.91 Å². The molecule has 0 radical (unpaired) electrons. The number of hydrogen-bond acceptors (Lipinski definition) is 4. The molecule has 5 rings (SSSR count). The van der Waals surface area contributed by atoms with Crippen LogP contribution in [0.1, 0.15) is 52.7 Å². The SMILES string of the molecule is Cc1c(Cc2ccc(-c3cnn(C)c3)c(F)c2F)cc(C(=O)N[C@H]2CCCC[C@@H]2O)c2c1ncn2C. The summed E-state index contributed by atoms with van der Waals surface area (Å²) in [6, 6.07) is 4.54. The highest BCUT2D eigenvalue weighted by Crippen LogP contribution is 2.31. The van der Waals surface area contributed by atoms with E-state index in [9.17, 15) is 9.90 Å². The van der Waals surface area contributed by atoms with Crippen LogP contribution in [0.25, 0.3) is 22.2 Å². The van der Waals surface area contributed by atoms with Gasteiger partial charge >= 0.3 is 0 Å². The molecule has 36 heavy (non-hydrogen) atoms. The third-order valence-corrected chi connectivity index (χ3v) is 7.20. The maximum Gasteiger partial charge on any atom is 0.253 e. The molecular weight excluding hydrogens is 464 g/mol. The second-order valence-electron chi connectivity index (χ2n) is 9.67. The smallest absolute Gasteiger partial charge is 0.253 e. The molecule has 0 unspecified atom stereocenters. The fourth-order valence-electron chi connectivity index (χ4n) is 5.12. The first-order chi connectivity index (χ1) is 17.2. The van der Waals surface area contributed by atoms with Gasteiger partial charge in [0.15, 0.2) is 11.6 Å². The molecule has 2 N–H and O–H groups in total. The Balaban J connectivity index is 1.52. The monoisotopic (exact) mass is 493 g/mol. The molecule has 1 saturated carbocycles. The summed E-state index contributed by atoms with van der Waals surface area (Å²) in [5.41, 5.74) is 4.01. The van der Waals surface area contributed by atoms with E-state index in [1.807, 2.05) is 14.0 Å². The van der Waals surface area contributed by atoms with Gasteiger partial charge in [-0.1, -0.05) is 25.0 Å². The second kappa shape index (κ2) is 9.46. The van der Waals surface area contributed by atoms with Gasteiger partial charge in [0.05, 0.1) is 41.3 Å². The van der Waals surface area contributed by atoms with E-state index in [4.69, 9.17) is 0 Å². The number of halogens is 2. The van der Waals surface area contributed by atoms with Crippen LogP contribution in [-0.4, -0.2) is 42.5 Å². The van der Waals surface area contributed by atoms with Crippen molar-refractivity contribution in [2.24, 2.45) is 14.1 Å². The Kier molecular flexibility index (Phi) is 6.34. The molecule has 0 spiro atoms. The van der Waals surface area contributed by atoms with E-state index in [0.29, 0.717) is 40.6 Å². The number of aromatic nitrogens is 4. The summed E-state index contributed by atoms with van der Waals surface area (Å²) in [6.45, 7) is 1.87. The van der Waals surface area contributed by atoms with Gasteiger partial charge in [-0.15, -0.1) is 0 Å². The van der Waals surface area contributed by atoms with Crippen molar-refractivity contribution in [3.05, 3.63) is 70.8 Å². The topological polar surface area (TPSA) is 85.0 Å². The van der Waals surface area contributed by atoms with Crippen molar-refractivity contribution in [3.8, 4) is 11.1 Å². The summed E-state index contributed by atoms with van der Waals surface area (Å²) in [7, 11) is 3.53. The van der Waals surface area contributed by atoms with Gasteiger partial charge in [-0.05, 0) is 42.5 Å². The van der Waals surface area contributed by atoms with Crippen molar-refractivity contribution in [1.82, 2.24) is 24.6 Å². The van der Waals surface area contributed by atoms with Gasteiger partial charge < -0.3 is 15.0 Å². The maximum atomic E-state index is 15.2. The van der Waals surface area contributed by atoms with E-state index in [1.54, 1.807) is 42.3 Å². The number of imidazole rings is 1. The molecule has 2 heterocycles. The molecule has 9 heteroatoms. The van der Waals surface area contributed by atoms with Crippen molar-refractivity contribution in [3.63, 3.8) is 0 Å². The number of rotatable bonds is 5. The van der Waals surface area contributed by atoms with Gasteiger partial charge in [-0.25, -0.2) is 13.8 Å². The third-order valence-electron chi connectivity index (χ3n) is 7.20. The number of benzene rings is 2. The molecule has 1 amide bonds. The number of amides is 1. The van der Waals surface area contributed by atoms with Gasteiger partial charge in [-0.2, -0.15) is 5.10 Å². The van der Waals surface area contributed by atoms with Crippen LogP contribution in [0.2, 0.25) is 0 Å². The van der Waals surface area contributed by atoms with Crippen molar-refractivity contribution in [2.75, 3.05) is 0 Å². The molecule has 2 aromatic heterocycles. The average Bonchev–Trinajstić information content (AvgIpc) is 3.46. The molecule has 0 bridgehead atoms. The number of nitrogens with zero attached hydrogens (tertiary/aromatic N) is 4. The molecule has 2 aromatic carbocycles. The van der Waals surface area contributed by atoms with E-state index in [-0.39, 0.29) is 29.5 Å². The number of aliphatic hydroxyl groups excluding tert-OH is 1. The molecule has 2 atom stereocenters. The lowest BCUT2D eigenvalue weighted by Gasteiger charge is -2.28. The average molecular weight is 494 g/mol. The third kappa shape index (κ3) is 4.28. The van der Waals surface area contributed by atoms with E-state index >= 15 is 8.78 Å². The van der Waals surface area contributed by atoms with Crippen LogP contribution < -0.4 is 5.32 Å². The summed E-state index contributed by atoms with van der Waals surface area (Å²) in [4.78, 5) is 17.8. The minimum absolute atomic E-state index is 0.0980. The molecule has 4 aromatic rings. The standard InChI is InChI=1S/C27H29F2N5O2/c1-15-17(10-16-8-9-19(24(29)23(16)28)18-12-31-34(3)13-18)11-20(26-25(15)30-14-33(26)2)27(36)32-21-6-4-5-7-22(21)35/h8-9,11-14,21-22,35H,4-7,10H2,1-3H3,(H,32,36)/t21-,22-/m0/s1. The molecule has 1 aliphatic rings. The van der Waals surface area contributed by atoms with E-state index in [1.165, 1.54) is 10.9 Å². The molecule has 188 valence electrons. The zero-order valence-electron chi connectivity index (χ0n) is 20.6. The number of hydrogen-bond donors (Lipinski definition) is 2. The molecule has 1 aliphatic carbocycles. The Morgan fingerprint density at radius 2 is 1.94 bits per heavy atom. The van der Waals surface area contributed by atoms with Crippen LogP contribution in [-0.2, 0) is 20.5 Å². The Hall–Kier alpha value is -3.59. The lowest BCUT2D eigenvalue weighted by atomic mass is 9.91. The van der Waals surface area contributed by atoms with Crippen molar-refractivity contribution in [1.29, 1.82) is 0 Å². The van der Waals surface area contributed by atoms with Crippen molar-refractivity contribution in [2.45, 2.75) is 51.2 Å². The van der Waals surface area contributed by atoms with E-state index in [0.717, 1.165) is 18.4 Å². The summed E-state index contributed by atoms with van der Waals surface area (Å²) < 4.78 is 33.5. The summed E-state index contributed by atoms with van der Waals surface area (Å²) in [5.74, 6) is -2.16. The summed E-state index contributed by atoms with van der Waals surface area (Å²) in [6.07, 6.45) is 7.54. The zero-order chi connectivity index (χ0) is 25.6. The van der Waals surface area contributed by atoms with Crippen LogP contribution in [0, 0.1) is 18.6 Å². The Morgan fingerprint density at radius 3 is 2.67 bits per heavy atom. The van der Waals surface area contributed by atoms with Crippen LogP contribution in [0.3, 0.4) is 0 Å². The fraction of sp³-hybridized carbons (Fsp3) is 0.370. The number of fused-ring (bicyclic) bond motifs is 1. The lowest BCUT2D eigenvalue weighted by Crippen LogP contribution is -2.45. The number of aliphatic hydroxyl groups is 1. The highest BCUT2D eigenvalue weighted by molar-refractivity contribution is 6.06. The largest absolute Gasteiger partial charge is 0.391 e. The minimum atomic E-state index is -0.929. The van der Waals surface area contributed by atoms with Gasteiger partial charge in [0.1, 0.15) is 0 Å². The molecule has 1 fully saturated rings. The van der Waals surface area contributed by atoms with E-state index in [2.05, 4.69) is 15.4 Å². The predicted molar refractivity (Wildman–Crippen MR) is 133 cm³/mol. The van der Waals surface area contributed by atoms with Gasteiger partial charge in [-0.3, -0.25) is 9.48 Å². The fourth-order valence-corrected chi connectivity index (χ4v) is 5.12. The first kappa shape index (κ1) is 24.1. The van der Waals surface area contributed by atoms with Crippen LogP contribution in [0.5, 0.6) is 0 Å². The Bertz CT molecular complexity index is 1460. The highest BCUT2D eigenvalue weighted by atomic mass is 19.2. The van der Waals surface area contributed by atoms with Gasteiger partial charge in [0, 0.05) is 37.8 Å². The molecular formula is C27H29F2N5O2. The molecule has 0 saturated heterocycles. The quantitative estimate of drug-likeness (QED) is 0.437. The van der Waals surface area contributed by atoms with Crippen LogP contribution >= 0.6 is 0 Å². The number of nitrogens with one attached hydrogen (secondary N) is 1. The Labute approximate surface area is 207 Å². The number of aryl methyl sites for hydroxylation is 3. The van der Waals surface area contributed by atoms with Crippen LogP contribution in [0.4, 0.5) is 8.78 Å². The van der Waals surface area contributed by atoms with Crippen molar-refractivity contribution < 1.29 is 18.7 Å². The summed E-state index contributed by atoms with van der Waals surface area (Å²) in [5, 5.41) is 17.3. The first-order valence-corrected chi connectivity index (χ1v) is 12.1. The van der Waals surface area contributed by atoms with E-state index < -0.39 is 17.7 Å². The van der Waals surface area contributed by atoms with Gasteiger partial charge in [0.2, 0.25) is 0 Å². The normalized spacial score (nSPS) is 18.1. The second-order valence-corrected chi connectivity index (χ2v) is 9.67. The molecule has 0 aliphatic heterocycles. The predicted octanol–water partition coefficient (Wildman–Crippen LogP) is 4.18. The first-order valence-electron chi connectivity index (χ1n) is 12.1. The zero-order valence-corrected chi connectivity index (χ0v) is 20.6. The molecule has 7 nitrogen and oxygen atoms in total. The Morgan fingerprint density at radius 1 is 1.17 bits per heavy atom. The minimum Gasteiger partial charge on any atom is -0.391 e. The lowest BCUT2D eigenvalue weighted by molar-refractivity contribution is 0.0718. The van der Waals surface area contributed by atoms with Crippen LogP contribution in [0.15, 0.2) is 36.9 Å². The highest BCUT2D eigenvalue weighted by Gasteiger charge is 2.27.